The molecular formula is C23H24N4O3. The predicted molar refractivity (Wildman–Crippen MR) is 117 cm³/mol. The predicted octanol–water partition coefficient (Wildman–Crippen LogP) is 3.16. The fraction of sp³-hybridized carbons (Fsp3) is 0.261. The summed E-state index contributed by atoms with van der Waals surface area (Å²) in [4.78, 5) is 26.1. The second-order valence-corrected chi connectivity index (χ2v) is 7.22. The van der Waals surface area contributed by atoms with Crippen LogP contribution in [-0.2, 0) is 18.4 Å². The van der Waals surface area contributed by atoms with Crippen LogP contribution >= 0.6 is 0 Å². The van der Waals surface area contributed by atoms with Gasteiger partial charge in [0.25, 0.3) is 5.56 Å². The van der Waals surface area contributed by atoms with Gasteiger partial charge in [0.05, 0.1) is 18.8 Å². The Hall–Kier alpha value is -3.61. The van der Waals surface area contributed by atoms with Gasteiger partial charge in [-0.3, -0.25) is 9.59 Å². The average Bonchev–Trinajstić information content (AvgIpc) is 3.10. The molecule has 4 rings (SSSR count). The first kappa shape index (κ1) is 19.7. The van der Waals surface area contributed by atoms with E-state index in [2.05, 4.69) is 10.4 Å². The van der Waals surface area contributed by atoms with Crippen molar-refractivity contribution >= 4 is 27.7 Å². The minimum Gasteiger partial charge on any atom is -0.497 e. The Bertz CT molecular complexity index is 1290. The first-order valence-electron chi connectivity index (χ1n) is 9.90. The molecule has 2 heterocycles. The number of ether oxygens (including phenoxy) is 1. The van der Waals surface area contributed by atoms with Gasteiger partial charge in [0.1, 0.15) is 17.3 Å². The Morgan fingerprint density at radius 1 is 1.17 bits per heavy atom. The molecule has 0 aliphatic heterocycles. The van der Waals surface area contributed by atoms with Gasteiger partial charge in [-0.2, -0.15) is 5.10 Å². The number of benzene rings is 2. The van der Waals surface area contributed by atoms with Crippen molar-refractivity contribution in [2.24, 2.45) is 7.05 Å². The number of nitrogens with one attached hydrogen (secondary N) is 1. The fourth-order valence-corrected chi connectivity index (χ4v) is 3.89. The summed E-state index contributed by atoms with van der Waals surface area (Å²) in [6.07, 6.45) is 2.24. The molecule has 1 atom stereocenters. The summed E-state index contributed by atoms with van der Waals surface area (Å²) in [6.45, 7) is 2.32. The highest BCUT2D eigenvalue weighted by Crippen LogP contribution is 2.30. The topological polar surface area (TPSA) is 78.2 Å². The SMILES string of the molecule is CCC(C(=O)NCc1cccc(OC)c1)n1c2ccccc2c2cnn(C)c(=O)c21. The van der Waals surface area contributed by atoms with Gasteiger partial charge < -0.3 is 14.6 Å². The van der Waals surface area contributed by atoms with Crippen LogP contribution in [0.4, 0.5) is 0 Å². The molecule has 1 amide bonds. The van der Waals surface area contributed by atoms with E-state index in [1.807, 2.05) is 60.0 Å². The quantitative estimate of drug-likeness (QED) is 0.535. The monoisotopic (exact) mass is 404 g/mol. The molecule has 0 spiro atoms. The van der Waals surface area contributed by atoms with E-state index < -0.39 is 6.04 Å². The zero-order chi connectivity index (χ0) is 21.3. The minimum absolute atomic E-state index is 0.137. The number of aryl methyl sites for hydroxylation is 1. The summed E-state index contributed by atoms with van der Waals surface area (Å²) in [5.74, 6) is 0.606. The number of hydrogen-bond acceptors (Lipinski definition) is 4. The number of rotatable bonds is 6. The van der Waals surface area contributed by atoms with E-state index in [-0.39, 0.29) is 11.5 Å². The number of fused-ring (bicyclic) bond motifs is 3. The van der Waals surface area contributed by atoms with Crippen LogP contribution in [0.25, 0.3) is 21.8 Å². The summed E-state index contributed by atoms with van der Waals surface area (Å²) in [7, 11) is 3.23. The van der Waals surface area contributed by atoms with Gasteiger partial charge in [0.15, 0.2) is 0 Å². The molecule has 7 nitrogen and oxygen atoms in total. The molecule has 30 heavy (non-hydrogen) atoms. The molecule has 154 valence electrons. The number of aromatic nitrogens is 3. The Morgan fingerprint density at radius 2 is 1.97 bits per heavy atom. The lowest BCUT2D eigenvalue weighted by Crippen LogP contribution is -2.33. The second-order valence-electron chi connectivity index (χ2n) is 7.22. The molecule has 2 aromatic heterocycles. The van der Waals surface area contributed by atoms with E-state index in [0.717, 1.165) is 27.6 Å². The first-order valence-corrected chi connectivity index (χ1v) is 9.90. The van der Waals surface area contributed by atoms with Crippen molar-refractivity contribution in [3.8, 4) is 5.75 Å². The standard InChI is InChI=1S/C23H24N4O3/c1-4-19(22(28)24-13-15-8-7-9-16(12-15)30-3)27-20-11-6-5-10-17(20)18-14-25-26(2)23(29)21(18)27/h5-12,14,19H,4,13H2,1-3H3,(H,24,28). The van der Waals surface area contributed by atoms with Crippen LogP contribution in [-0.4, -0.2) is 27.4 Å². The average molecular weight is 404 g/mol. The van der Waals surface area contributed by atoms with Crippen molar-refractivity contribution in [2.45, 2.75) is 25.9 Å². The molecule has 0 aliphatic rings. The third kappa shape index (κ3) is 3.32. The largest absolute Gasteiger partial charge is 0.497 e. The molecule has 0 bridgehead atoms. The molecule has 1 N–H and O–H groups in total. The molecule has 1 unspecified atom stereocenters. The van der Waals surface area contributed by atoms with Crippen molar-refractivity contribution in [1.82, 2.24) is 19.7 Å². The highest BCUT2D eigenvalue weighted by molar-refractivity contribution is 6.08. The highest BCUT2D eigenvalue weighted by atomic mass is 16.5. The Morgan fingerprint density at radius 3 is 2.73 bits per heavy atom. The van der Waals surface area contributed by atoms with E-state index >= 15 is 0 Å². The summed E-state index contributed by atoms with van der Waals surface area (Å²) in [5, 5.41) is 8.86. The smallest absolute Gasteiger partial charge is 0.291 e. The highest BCUT2D eigenvalue weighted by Gasteiger charge is 2.25. The number of methoxy groups -OCH3 is 1. The van der Waals surface area contributed by atoms with Crippen LogP contribution in [0.15, 0.2) is 59.5 Å². The normalized spacial score (nSPS) is 12.2. The van der Waals surface area contributed by atoms with Crippen molar-refractivity contribution in [1.29, 1.82) is 0 Å². The Balaban J connectivity index is 1.75. The molecule has 2 aromatic carbocycles. The minimum atomic E-state index is -0.520. The van der Waals surface area contributed by atoms with Crippen LogP contribution in [0, 0.1) is 0 Å². The summed E-state index contributed by atoms with van der Waals surface area (Å²) >= 11 is 0. The van der Waals surface area contributed by atoms with Gasteiger partial charge in [0, 0.05) is 24.4 Å². The summed E-state index contributed by atoms with van der Waals surface area (Å²) in [5.41, 5.74) is 2.07. The zero-order valence-electron chi connectivity index (χ0n) is 17.3. The van der Waals surface area contributed by atoms with Crippen molar-refractivity contribution in [2.75, 3.05) is 7.11 Å². The number of carbonyl (C=O) groups excluding carboxylic acids is 1. The van der Waals surface area contributed by atoms with Gasteiger partial charge in [-0.25, -0.2) is 4.68 Å². The zero-order valence-corrected chi connectivity index (χ0v) is 17.3. The molecule has 0 saturated heterocycles. The third-order valence-corrected chi connectivity index (χ3v) is 5.41. The molecule has 0 aliphatic carbocycles. The maximum Gasteiger partial charge on any atom is 0.291 e. The summed E-state index contributed by atoms with van der Waals surface area (Å²) in [6, 6.07) is 14.8. The molecular weight excluding hydrogens is 380 g/mol. The van der Waals surface area contributed by atoms with E-state index in [4.69, 9.17) is 4.74 Å². The first-order chi connectivity index (χ1) is 14.5. The van der Waals surface area contributed by atoms with Crippen LogP contribution in [0.5, 0.6) is 5.75 Å². The summed E-state index contributed by atoms with van der Waals surface area (Å²) < 4.78 is 8.41. The lowest BCUT2D eigenvalue weighted by atomic mass is 10.1. The van der Waals surface area contributed by atoms with Gasteiger partial charge in [-0.15, -0.1) is 0 Å². The van der Waals surface area contributed by atoms with Crippen LogP contribution in [0.3, 0.4) is 0 Å². The van der Waals surface area contributed by atoms with Crippen molar-refractivity contribution < 1.29 is 9.53 Å². The van der Waals surface area contributed by atoms with E-state index in [0.29, 0.717) is 18.5 Å². The number of hydrogen-bond donors (Lipinski definition) is 1. The maximum atomic E-state index is 13.2. The Labute approximate surface area is 173 Å². The number of para-hydroxylation sites is 1. The fourth-order valence-electron chi connectivity index (χ4n) is 3.89. The molecule has 0 fully saturated rings. The van der Waals surface area contributed by atoms with E-state index in [1.54, 1.807) is 20.4 Å². The van der Waals surface area contributed by atoms with Crippen LogP contribution < -0.4 is 15.6 Å². The Kier molecular flexibility index (Phi) is 5.27. The van der Waals surface area contributed by atoms with E-state index in [1.165, 1.54) is 4.68 Å². The number of carbonyl (C=O) groups is 1. The van der Waals surface area contributed by atoms with E-state index in [9.17, 15) is 9.59 Å². The van der Waals surface area contributed by atoms with Gasteiger partial charge in [0.2, 0.25) is 5.91 Å². The van der Waals surface area contributed by atoms with Gasteiger partial charge >= 0.3 is 0 Å². The van der Waals surface area contributed by atoms with Crippen molar-refractivity contribution in [3.63, 3.8) is 0 Å². The van der Waals surface area contributed by atoms with Crippen molar-refractivity contribution in [3.05, 3.63) is 70.6 Å². The lowest BCUT2D eigenvalue weighted by Gasteiger charge is -2.19. The molecule has 0 saturated carbocycles. The lowest BCUT2D eigenvalue weighted by molar-refractivity contribution is -0.124. The van der Waals surface area contributed by atoms with Crippen LogP contribution in [0.1, 0.15) is 24.9 Å². The third-order valence-electron chi connectivity index (χ3n) is 5.41. The molecule has 7 heteroatoms. The molecule has 4 aromatic rings. The van der Waals surface area contributed by atoms with Gasteiger partial charge in [-0.1, -0.05) is 37.3 Å². The molecule has 0 radical (unpaired) electrons. The maximum absolute atomic E-state index is 13.2. The van der Waals surface area contributed by atoms with Crippen LogP contribution in [0.2, 0.25) is 0 Å². The number of amides is 1. The number of nitrogens with zero attached hydrogens (tertiary/aromatic N) is 3. The second kappa shape index (κ2) is 8.02. The van der Waals surface area contributed by atoms with Gasteiger partial charge in [-0.05, 0) is 30.2 Å².